The van der Waals surface area contributed by atoms with E-state index in [2.05, 4.69) is 26.2 Å². The summed E-state index contributed by atoms with van der Waals surface area (Å²) < 4.78 is 11.3. The van der Waals surface area contributed by atoms with E-state index >= 15 is 0 Å². The van der Waals surface area contributed by atoms with Crippen molar-refractivity contribution >= 4 is 33.4 Å². The van der Waals surface area contributed by atoms with Gasteiger partial charge < -0.3 is 14.8 Å². The molecule has 110 valence electrons. The van der Waals surface area contributed by atoms with Crippen LogP contribution in [0.1, 0.15) is 36.6 Å². The van der Waals surface area contributed by atoms with Crippen LogP contribution in [0.25, 0.3) is 0 Å². The largest absolute Gasteiger partial charge is 0.441 e. The molecule has 2 fully saturated rings. The second-order valence-corrected chi connectivity index (χ2v) is 7.70. The number of nitrogens with one attached hydrogen (secondary N) is 1. The molecule has 0 unspecified atom stereocenters. The molecule has 2 aliphatic rings. The Hall–Kier alpha value is -0.660. The molecule has 5 nitrogen and oxygen atoms in total. The van der Waals surface area contributed by atoms with Gasteiger partial charge in [-0.1, -0.05) is 0 Å². The van der Waals surface area contributed by atoms with Crippen molar-refractivity contribution < 1.29 is 14.3 Å². The summed E-state index contributed by atoms with van der Waals surface area (Å²) in [5, 5.41) is 4.15. The van der Waals surface area contributed by atoms with Gasteiger partial charge in [-0.15, -0.1) is 11.3 Å². The molecular weight excluding hydrogens is 344 g/mol. The second-order valence-electron chi connectivity index (χ2n) is 5.26. The lowest BCUT2D eigenvalue weighted by Gasteiger charge is -2.30. The monoisotopic (exact) mass is 360 g/mol. The zero-order valence-electron chi connectivity index (χ0n) is 11.0. The molecule has 0 aromatic carbocycles. The number of hydrogen-bond acceptors (Lipinski definition) is 5. The summed E-state index contributed by atoms with van der Waals surface area (Å²) in [6.45, 7) is 1.05. The summed E-state index contributed by atoms with van der Waals surface area (Å²) in [6, 6.07) is 0.225. The maximum absolute atomic E-state index is 11.7. The van der Waals surface area contributed by atoms with Crippen molar-refractivity contribution in [3.8, 4) is 0 Å². The lowest BCUT2D eigenvalue weighted by Crippen LogP contribution is -2.44. The molecule has 7 heteroatoms. The molecule has 1 saturated heterocycles. The summed E-state index contributed by atoms with van der Waals surface area (Å²) in [7, 11) is 0. The maximum atomic E-state index is 11.7. The van der Waals surface area contributed by atoms with Crippen molar-refractivity contribution in [3.05, 3.63) is 15.0 Å². The van der Waals surface area contributed by atoms with Crippen LogP contribution in [-0.2, 0) is 9.47 Å². The fourth-order valence-electron chi connectivity index (χ4n) is 2.57. The summed E-state index contributed by atoms with van der Waals surface area (Å²) in [5.41, 5.74) is 0. The topological polar surface area (TPSA) is 60.5 Å². The van der Waals surface area contributed by atoms with Gasteiger partial charge in [0.15, 0.2) is 6.10 Å². The molecule has 3 rings (SSSR count). The third-order valence-corrected chi connectivity index (χ3v) is 5.41. The Labute approximate surface area is 130 Å². The van der Waals surface area contributed by atoms with Gasteiger partial charge in [0.2, 0.25) is 0 Å². The molecule has 1 aromatic heterocycles. The van der Waals surface area contributed by atoms with Gasteiger partial charge in [-0.25, -0.2) is 9.78 Å². The van der Waals surface area contributed by atoms with E-state index in [1.165, 1.54) is 5.01 Å². The number of rotatable bonds is 3. The Morgan fingerprint density at radius 3 is 2.70 bits per heavy atom. The predicted octanol–water partition coefficient (Wildman–Crippen LogP) is 3.06. The third kappa shape index (κ3) is 3.51. The average molecular weight is 361 g/mol. The first kappa shape index (κ1) is 14.3. The van der Waals surface area contributed by atoms with Crippen LogP contribution < -0.4 is 5.32 Å². The molecule has 1 saturated carbocycles. The summed E-state index contributed by atoms with van der Waals surface area (Å²) in [4.78, 5) is 16.1. The van der Waals surface area contributed by atoms with Gasteiger partial charge in [-0.2, -0.15) is 0 Å². The quantitative estimate of drug-likeness (QED) is 0.899. The molecule has 1 N–H and O–H groups in total. The first-order valence-electron chi connectivity index (χ1n) is 6.87. The minimum atomic E-state index is -0.307. The Morgan fingerprint density at radius 1 is 1.40 bits per heavy atom. The maximum Gasteiger partial charge on any atom is 0.407 e. The van der Waals surface area contributed by atoms with Crippen LogP contribution in [0.5, 0.6) is 0 Å². The summed E-state index contributed by atoms with van der Waals surface area (Å²) in [6.07, 6.45) is 5.60. The molecule has 1 amide bonds. The van der Waals surface area contributed by atoms with E-state index < -0.39 is 0 Å². The first-order chi connectivity index (χ1) is 9.70. The van der Waals surface area contributed by atoms with Gasteiger partial charge in [0, 0.05) is 12.0 Å². The molecule has 0 bridgehead atoms. The highest BCUT2D eigenvalue weighted by Crippen LogP contribution is 2.36. The zero-order chi connectivity index (χ0) is 13.9. The summed E-state index contributed by atoms with van der Waals surface area (Å²) in [5.74, 6) is 0.528. The summed E-state index contributed by atoms with van der Waals surface area (Å²) >= 11 is 5.16. The lowest BCUT2D eigenvalue weighted by atomic mass is 9.86. The van der Waals surface area contributed by atoms with Gasteiger partial charge in [-0.05, 0) is 41.6 Å². The molecule has 0 atom stereocenters. The highest BCUT2D eigenvalue weighted by molar-refractivity contribution is 9.11. The number of ether oxygens (including phenoxy) is 2. The van der Waals surface area contributed by atoms with E-state index in [0.29, 0.717) is 19.1 Å². The highest BCUT2D eigenvalue weighted by Gasteiger charge is 2.27. The SMILES string of the molecule is O=C(N[C@H]1CC[C@H](c2ncc(Br)s2)CC1)OC1COC1. The predicted molar refractivity (Wildman–Crippen MR) is 79.0 cm³/mol. The van der Waals surface area contributed by atoms with Gasteiger partial charge in [0.25, 0.3) is 0 Å². The number of alkyl carbamates (subject to hydrolysis) is 1. The van der Waals surface area contributed by atoms with E-state index in [-0.39, 0.29) is 18.2 Å². The number of amides is 1. The molecule has 20 heavy (non-hydrogen) atoms. The minimum Gasteiger partial charge on any atom is -0.441 e. The van der Waals surface area contributed by atoms with E-state index in [0.717, 1.165) is 29.5 Å². The fraction of sp³-hybridized carbons (Fsp3) is 0.692. The van der Waals surface area contributed by atoms with Crippen LogP contribution in [0.15, 0.2) is 9.98 Å². The molecule has 0 radical (unpaired) electrons. The van der Waals surface area contributed by atoms with Crippen LogP contribution in [0.2, 0.25) is 0 Å². The van der Waals surface area contributed by atoms with Crippen molar-refractivity contribution in [2.24, 2.45) is 0 Å². The number of hydrogen-bond donors (Lipinski definition) is 1. The van der Waals surface area contributed by atoms with Crippen molar-refractivity contribution in [1.82, 2.24) is 10.3 Å². The normalized spacial score (nSPS) is 26.9. The van der Waals surface area contributed by atoms with Gasteiger partial charge in [-0.3, -0.25) is 0 Å². The van der Waals surface area contributed by atoms with Crippen molar-refractivity contribution in [1.29, 1.82) is 0 Å². The Balaban J connectivity index is 1.42. The fourth-order valence-corrected chi connectivity index (χ4v) is 3.99. The molecule has 1 aliphatic carbocycles. The Bertz CT molecular complexity index is 470. The standard InChI is InChI=1S/C13H17BrN2O3S/c14-11-5-15-12(20-11)8-1-3-9(4-2-8)16-13(17)19-10-6-18-7-10/h5,8-10H,1-4,6-7H2,(H,16,17)/t8-,9-. The smallest absolute Gasteiger partial charge is 0.407 e. The number of aromatic nitrogens is 1. The number of nitrogens with zero attached hydrogens (tertiary/aromatic N) is 1. The number of thiazole rings is 1. The Kier molecular flexibility index (Phi) is 4.58. The lowest BCUT2D eigenvalue weighted by molar-refractivity contribution is -0.0985. The van der Waals surface area contributed by atoms with E-state index in [1.54, 1.807) is 11.3 Å². The number of carbonyl (C=O) groups is 1. The van der Waals surface area contributed by atoms with Crippen LogP contribution in [0.3, 0.4) is 0 Å². The van der Waals surface area contributed by atoms with Crippen molar-refractivity contribution in [2.45, 2.75) is 43.7 Å². The average Bonchev–Trinajstić information content (AvgIpc) is 2.82. The van der Waals surface area contributed by atoms with Crippen LogP contribution >= 0.6 is 27.3 Å². The second kappa shape index (κ2) is 6.41. The van der Waals surface area contributed by atoms with Crippen LogP contribution in [0, 0.1) is 0 Å². The van der Waals surface area contributed by atoms with Crippen LogP contribution in [0.4, 0.5) is 4.79 Å². The molecule has 2 heterocycles. The van der Waals surface area contributed by atoms with Gasteiger partial charge >= 0.3 is 6.09 Å². The minimum absolute atomic E-state index is 0.0565. The van der Waals surface area contributed by atoms with E-state index in [1.807, 2.05) is 6.20 Å². The number of halogens is 1. The van der Waals surface area contributed by atoms with E-state index in [4.69, 9.17) is 9.47 Å². The molecule has 0 spiro atoms. The number of carbonyl (C=O) groups excluding carboxylic acids is 1. The van der Waals surface area contributed by atoms with Gasteiger partial charge in [0.1, 0.15) is 0 Å². The molecule has 1 aliphatic heterocycles. The third-order valence-electron chi connectivity index (χ3n) is 3.77. The Morgan fingerprint density at radius 2 is 2.15 bits per heavy atom. The first-order valence-corrected chi connectivity index (χ1v) is 8.48. The zero-order valence-corrected chi connectivity index (χ0v) is 13.4. The van der Waals surface area contributed by atoms with Crippen molar-refractivity contribution in [2.75, 3.05) is 13.2 Å². The molecule has 1 aromatic rings. The molecular formula is C13H17BrN2O3S. The van der Waals surface area contributed by atoms with Gasteiger partial charge in [0.05, 0.1) is 28.2 Å². The van der Waals surface area contributed by atoms with Crippen LogP contribution in [-0.4, -0.2) is 36.4 Å². The van der Waals surface area contributed by atoms with E-state index in [9.17, 15) is 4.79 Å². The highest BCUT2D eigenvalue weighted by atomic mass is 79.9. The van der Waals surface area contributed by atoms with Crippen molar-refractivity contribution in [3.63, 3.8) is 0 Å².